The molecule has 0 bridgehead atoms. The Morgan fingerprint density at radius 2 is 1.48 bits per heavy atom. The second-order valence-corrected chi connectivity index (χ2v) is 14.3. The van der Waals surface area contributed by atoms with Gasteiger partial charge in [-0.15, -0.1) is 0 Å². The highest BCUT2D eigenvalue weighted by Crippen LogP contribution is 2.31. The van der Waals surface area contributed by atoms with Crippen LogP contribution in [0.3, 0.4) is 0 Å². The molecule has 240 valence electrons. The van der Waals surface area contributed by atoms with Gasteiger partial charge in [-0.1, -0.05) is 114 Å². The molecular weight excluding hydrogens is 618 g/mol. The summed E-state index contributed by atoms with van der Waals surface area (Å²) in [7, 11) is -4.22. The molecule has 1 N–H and O–H groups in total. The summed E-state index contributed by atoms with van der Waals surface area (Å²) < 4.78 is 29.5. The van der Waals surface area contributed by atoms with Gasteiger partial charge < -0.3 is 10.2 Å². The van der Waals surface area contributed by atoms with Crippen molar-refractivity contribution in [1.82, 2.24) is 10.2 Å². The van der Waals surface area contributed by atoms with Crippen LogP contribution >= 0.6 is 11.6 Å². The topological polar surface area (TPSA) is 86.8 Å². The fourth-order valence-electron chi connectivity index (χ4n) is 5.93. The summed E-state index contributed by atoms with van der Waals surface area (Å²) >= 11 is 6.57. The molecule has 1 aliphatic rings. The molecule has 4 aromatic carbocycles. The van der Waals surface area contributed by atoms with E-state index in [0.29, 0.717) is 0 Å². The molecule has 9 heteroatoms. The number of benzene rings is 4. The van der Waals surface area contributed by atoms with Gasteiger partial charge in [-0.3, -0.25) is 13.9 Å². The molecule has 0 heterocycles. The molecule has 0 aliphatic heterocycles. The van der Waals surface area contributed by atoms with Crippen molar-refractivity contribution in [2.24, 2.45) is 0 Å². The first-order chi connectivity index (χ1) is 22.1. The summed E-state index contributed by atoms with van der Waals surface area (Å²) in [5.74, 6) is -0.762. The fourth-order valence-corrected chi connectivity index (χ4v) is 7.65. The van der Waals surface area contributed by atoms with Crippen LogP contribution in [0, 0.1) is 13.8 Å². The lowest BCUT2D eigenvalue weighted by atomic mass is 10.0. The number of nitrogens with zero attached hydrogens (tertiary/aromatic N) is 2. The van der Waals surface area contributed by atoms with Crippen molar-refractivity contribution in [3.05, 3.63) is 130 Å². The van der Waals surface area contributed by atoms with Crippen molar-refractivity contribution < 1.29 is 18.0 Å². The lowest BCUT2D eigenvalue weighted by Gasteiger charge is -2.34. The Kier molecular flexibility index (Phi) is 10.8. The highest BCUT2D eigenvalue weighted by Gasteiger charge is 2.36. The third-order valence-corrected chi connectivity index (χ3v) is 10.5. The van der Waals surface area contributed by atoms with Crippen molar-refractivity contribution in [2.75, 3.05) is 10.8 Å². The lowest BCUT2D eigenvalue weighted by molar-refractivity contribution is -0.140. The van der Waals surface area contributed by atoms with Crippen molar-refractivity contribution >= 4 is 39.1 Å². The third-order valence-electron chi connectivity index (χ3n) is 8.42. The van der Waals surface area contributed by atoms with Gasteiger partial charge in [-0.05, 0) is 62.1 Å². The van der Waals surface area contributed by atoms with Crippen LogP contribution in [-0.2, 0) is 32.6 Å². The highest BCUT2D eigenvalue weighted by atomic mass is 35.5. The van der Waals surface area contributed by atoms with E-state index in [4.69, 9.17) is 11.6 Å². The summed E-state index contributed by atoms with van der Waals surface area (Å²) in [6.07, 6.45) is 4.15. The number of sulfonamides is 1. The number of rotatable bonds is 12. The lowest BCUT2D eigenvalue weighted by Crippen LogP contribution is -2.54. The van der Waals surface area contributed by atoms with Crippen LogP contribution in [0.15, 0.2) is 108 Å². The molecule has 1 aliphatic carbocycles. The SMILES string of the molecule is Cc1ccc(S(=O)(=O)N(CC(=O)N(Cc2cccc(C)c2)[C@@H](Cc2ccccc2)C(=O)NC2CCCC2)c2ccccc2Cl)cc1. The zero-order chi connectivity index (χ0) is 32.7. The van der Waals surface area contributed by atoms with E-state index in [2.05, 4.69) is 5.32 Å². The van der Waals surface area contributed by atoms with Gasteiger partial charge in [0.05, 0.1) is 15.6 Å². The normalized spacial score (nSPS) is 14.1. The Labute approximate surface area is 277 Å². The Balaban J connectivity index is 1.57. The summed E-state index contributed by atoms with van der Waals surface area (Å²) in [5, 5.41) is 3.39. The van der Waals surface area contributed by atoms with Gasteiger partial charge in [0.15, 0.2) is 0 Å². The van der Waals surface area contributed by atoms with Gasteiger partial charge in [-0.2, -0.15) is 0 Å². The smallest absolute Gasteiger partial charge is 0.264 e. The molecule has 0 saturated heterocycles. The first-order valence-corrected chi connectivity index (χ1v) is 17.5. The minimum atomic E-state index is -4.22. The second kappa shape index (κ2) is 15.0. The van der Waals surface area contributed by atoms with Crippen molar-refractivity contribution in [2.45, 2.75) is 69.5 Å². The first-order valence-electron chi connectivity index (χ1n) is 15.6. The average Bonchev–Trinajstić information content (AvgIpc) is 3.55. The van der Waals surface area contributed by atoms with Crippen LogP contribution in [0.25, 0.3) is 0 Å². The largest absolute Gasteiger partial charge is 0.352 e. The zero-order valence-electron chi connectivity index (χ0n) is 26.2. The Hall–Kier alpha value is -4.14. The average molecular weight is 658 g/mol. The van der Waals surface area contributed by atoms with E-state index in [1.54, 1.807) is 36.4 Å². The van der Waals surface area contributed by atoms with Gasteiger partial charge in [0.2, 0.25) is 11.8 Å². The molecule has 46 heavy (non-hydrogen) atoms. The van der Waals surface area contributed by atoms with Crippen LogP contribution in [-0.4, -0.2) is 43.8 Å². The molecule has 0 spiro atoms. The number of amides is 2. The Morgan fingerprint density at radius 1 is 0.826 bits per heavy atom. The maximum absolute atomic E-state index is 14.6. The second-order valence-electron chi connectivity index (χ2n) is 12.0. The fraction of sp³-hybridized carbons (Fsp3) is 0.297. The summed E-state index contributed by atoms with van der Waals surface area (Å²) in [4.78, 5) is 30.3. The maximum Gasteiger partial charge on any atom is 0.264 e. The number of carbonyl (C=O) groups is 2. The van der Waals surface area contributed by atoms with E-state index in [1.807, 2.05) is 68.4 Å². The number of halogens is 1. The molecule has 0 unspecified atom stereocenters. The summed E-state index contributed by atoms with van der Waals surface area (Å²) in [6.45, 7) is 3.42. The molecule has 2 amide bonds. The molecule has 7 nitrogen and oxygen atoms in total. The van der Waals surface area contributed by atoms with Crippen LogP contribution < -0.4 is 9.62 Å². The standard InChI is InChI=1S/C37H40ClN3O4S/c1-27-19-21-32(22-20-27)46(44,45)41(34-18-9-8-17-33(34)38)26-36(42)40(25-30-14-10-11-28(2)23-30)35(24-29-12-4-3-5-13-29)37(43)39-31-15-6-7-16-31/h3-5,8-14,17-23,31,35H,6-7,15-16,24-26H2,1-2H3,(H,39,43)/t35-/m0/s1. The highest BCUT2D eigenvalue weighted by molar-refractivity contribution is 7.92. The zero-order valence-corrected chi connectivity index (χ0v) is 27.8. The quantitative estimate of drug-likeness (QED) is 0.181. The Morgan fingerprint density at radius 3 is 2.15 bits per heavy atom. The predicted molar refractivity (Wildman–Crippen MR) is 183 cm³/mol. The molecule has 1 atom stereocenters. The van der Waals surface area contributed by atoms with Crippen LogP contribution in [0.2, 0.25) is 5.02 Å². The van der Waals surface area contributed by atoms with Gasteiger partial charge in [-0.25, -0.2) is 8.42 Å². The first kappa shape index (κ1) is 33.2. The van der Waals surface area contributed by atoms with Gasteiger partial charge in [0, 0.05) is 19.0 Å². The van der Waals surface area contributed by atoms with E-state index in [9.17, 15) is 18.0 Å². The number of hydrogen-bond acceptors (Lipinski definition) is 4. The van der Waals surface area contributed by atoms with Gasteiger partial charge in [0.25, 0.3) is 10.0 Å². The number of hydrogen-bond donors (Lipinski definition) is 1. The maximum atomic E-state index is 14.6. The van der Waals surface area contributed by atoms with Crippen molar-refractivity contribution in [3.8, 4) is 0 Å². The van der Waals surface area contributed by atoms with Crippen LogP contribution in [0.4, 0.5) is 5.69 Å². The molecular formula is C37H40ClN3O4S. The number of anilines is 1. The van der Waals surface area contributed by atoms with Gasteiger partial charge >= 0.3 is 0 Å². The number of aryl methyl sites for hydroxylation is 2. The van der Waals surface area contributed by atoms with E-state index in [-0.39, 0.29) is 40.5 Å². The van der Waals surface area contributed by atoms with Crippen molar-refractivity contribution in [1.29, 1.82) is 0 Å². The predicted octanol–water partition coefficient (Wildman–Crippen LogP) is 6.85. The summed E-state index contributed by atoms with van der Waals surface area (Å²) in [6, 6.07) is 29.6. The third kappa shape index (κ3) is 8.17. The van der Waals surface area contributed by atoms with E-state index in [0.717, 1.165) is 52.2 Å². The molecule has 1 saturated carbocycles. The number of para-hydroxylation sites is 1. The molecule has 5 rings (SSSR count). The summed E-state index contributed by atoms with van der Waals surface area (Å²) in [5.41, 5.74) is 3.83. The molecule has 1 fully saturated rings. The number of carbonyl (C=O) groups excluding carboxylic acids is 2. The minimum absolute atomic E-state index is 0.0378. The molecule has 0 aromatic heterocycles. The number of nitrogens with one attached hydrogen (secondary N) is 1. The van der Waals surface area contributed by atoms with Crippen LogP contribution in [0.5, 0.6) is 0 Å². The minimum Gasteiger partial charge on any atom is -0.352 e. The molecule has 0 radical (unpaired) electrons. The van der Waals surface area contributed by atoms with Crippen molar-refractivity contribution in [3.63, 3.8) is 0 Å². The Bertz CT molecular complexity index is 1760. The van der Waals surface area contributed by atoms with E-state index >= 15 is 0 Å². The van der Waals surface area contributed by atoms with E-state index < -0.39 is 28.5 Å². The van der Waals surface area contributed by atoms with Crippen LogP contribution in [0.1, 0.15) is 47.9 Å². The molecule has 4 aromatic rings. The van der Waals surface area contributed by atoms with E-state index in [1.165, 1.54) is 17.0 Å². The monoisotopic (exact) mass is 657 g/mol. The van der Waals surface area contributed by atoms with Gasteiger partial charge in [0.1, 0.15) is 12.6 Å².